The number of carbonyl (C=O) groups excluding carboxylic acids is 3. The lowest BCUT2D eigenvalue weighted by Gasteiger charge is -2.24. The van der Waals surface area contributed by atoms with Crippen molar-refractivity contribution in [2.75, 3.05) is 33.9 Å². The Balaban J connectivity index is 1.97. The second-order valence-electron chi connectivity index (χ2n) is 7.07. The van der Waals surface area contributed by atoms with E-state index in [1.807, 2.05) is 0 Å². The van der Waals surface area contributed by atoms with E-state index in [-0.39, 0.29) is 36.1 Å². The highest BCUT2D eigenvalue weighted by Crippen LogP contribution is 2.19. The Morgan fingerprint density at radius 3 is 2.64 bits per heavy atom. The van der Waals surface area contributed by atoms with Crippen molar-refractivity contribution < 1.29 is 19.1 Å². The summed E-state index contributed by atoms with van der Waals surface area (Å²) >= 11 is 5.86. The van der Waals surface area contributed by atoms with E-state index in [1.54, 1.807) is 43.3 Å². The van der Waals surface area contributed by atoms with Gasteiger partial charge in [0.25, 0.3) is 5.91 Å². The highest BCUT2D eigenvalue weighted by atomic mass is 35.5. The van der Waals surface area contributed by atoms with E-state index < -0.39 is 0 Å². The molecule has 0 spiro atoms. The lowest BCUT2D eigenvalue weighted by atomic mass is 9.96. The Hall–Kier alpha value is -2.12. The standard InChI is InChI=1S/C20H28ClN3O4/c1-24-13-17(23-20(27)14-6-8-16(21)9-7-14)5-3-4-15(12-18(24)25)19(26)22-10-11-28-2/h6-9,15,17H,3-5,10-13H2,1-2H3,(H,22,26)(H,23,27)/t15-,17-/m1/s1. The average Bonchev–Trinajstić information content (AvgIpc) is 2.73. The fourth-order valence-corrected chi connectivity index (χ4v) is 3.36. The minimum Gasteiger partial charge on any atom is -0.383 e. The number of nitrogens with zero attached hydrogens (tertiary/aromatic N) is 1. The number of methoxy groups -OCH3 is 1. The summed E-state index contributed by atoms with van der Waals surface area (Å²) in [5, 5.41) is 6.37. The Morgan fingerprint density at radius 2 is 1.96 bits per heavy atom. The van der Waals surface area contributed by atoms with Gasteiger partial charge < -0.3 is 20.3 Å². The molecule has 1 aromatic carbocycles. The molecule has 3 amide bonds. The van der Waals surface area contributed by atoms with Crippen molar-refractivity contribution in [1.82, 2.24) is 15.5 Å². The number of carbonyl (C=O) groups is 3. The molecule has 0 bridgehead atoms. The Labute approximate surface area is 170 Å². The third-order valence-corrected chi connectivity index (χ3v) is 5.12. The summed E-state index contributed by atoms with van der Waals surface area (Å²) in [5.74, 6) is -0.782. The molecule has 7 nitrogen and oxygen atoms in total. The normalized spacial score (nSPS) is 20.7. The highest BCUT2D eigenvalue weighted by Gasteiger charge is 2.27. The zero-order valence-electron chi connectivity index (χ0n) is 16.4. The molecule has 28 heavy (non-hydrogen) atoms. The lowest BCUT2D eigenvalue weighted by Crippen LogP contribution is -2.44. The largest absolute Gasteiger partial charge is 0.383 e. The van der Waals surface area contributed by atoms with E-state index in [1.165, 1.54) is 0 Å². The fraction of sp³-hybridized carbons (Fsp3) is 0.550. The molecule has 2 rings (SSSR count). The first-order chi connectivity index (χ1) is 13.4. The SMILES string of the molecule is COCCNC(=O)[C@@H]1CCC[C@@H](NC(=O)c2ccc(Cl)cc2)CN(C)C(=O)C1. The lowest BCUT2D eigenvalue weighted by molar-refractivity contribution is -0.135. The monoisotopic (exact) mass is 409 g/mol. The van der Waals surface area contributed by atoms with Gasteiger partial charge in [-0.3, -0.25) is 14.4 Å². The predicted octanol–water partition coefficient (Wildman–Crippen LogP) is 1.85. The van der Waals surface area contributed by atoms with Crippen molar-refractivity contribution in [2.45, 2.75) is 31.7 Å². The van der Waals surface area contributed by atoms with Gasteiger partial charge in [-0.15, -0.1) is 0 Å². The topological polar surface area (TPSA) is 87.7 Å². The summed E-state index contributed by atoms with van der Waals surface area (Å²) in [4.78, 5) is 38.9. The smallest absolute Gasteiger partial charge is 0.251 e. The summed E-state index contributed by atoms with van der Waals surface area (Å²) in [6.45, 7) is 1.27. The summed E-state index contributed by atoms with van der Waals surface area (Å²) in [5.41, 5.74) is 0.522. The Morgan fingerprint density at radius 1 is 1.25 bits per heavy atom. The molecule has 1 heterocycles. The number of rotatable bonds is 6. The molecule has 0 saturated carbocycles. The maximum absolute atomic E-state index is 12.5. The van der Waals surface area contributed by atoms with E-state index in [0.717, 1.165) is 6.42 Å². The van der Waals surface area contributed by atoms with E-state index >= 15 is 0 Å². The van der Waals surface area contributed by atoms with E-state index in [2.05, 4.69) is 10.6 Å². The Bertz CT molecular complexity index is 681. The average molecular weight is 410 g/mol. The van der Waals surface area contributed by atoms with Gasteiger partial charge in [0.15, 0.2) is 0 Å². The fourth-order valence-electron chi connectivity index (χ4n) is 3.24. The number of nitrogens with one attached hydrogen (secondary N) is 2. The second-order valence-corrected chi connectivity index (χ2v) is 7.50. The molecule has 0 unspecified atom stereocenters. The van der Waals surface area contributed by atoms with Crippen LogP contribution in [0.15, 0.2) is 24.3 Å². The van der Waals surface area contributed by atoms with Gasteiger partial charge in [0.2, 0.25) is 11.8 Å². The van der Waals surface area contributed by atoms with Gasteiger partial charge in [0.1, 0.15) is 0 Å². The van der Waals surface area contributed by atoms with Crippen molar-refractivity contribution in [3.63, 3.8) is 0 Å². The van der Waals surface area contributed by atoms with Crippen LogP contribution in [0, 0.1) is 5.92 Å². The molecule has 2 N–H and O–H groups in total. The van der Waals surface area contributed by atoms with E-state index in [0.29, 0.717) is 43.1 Å². The quantitative estimate of drug-likeness (QED) is 0.702. The number of halogens is 1. The highest BCUT2D eigenvalue weighted by molar-refractivity contribution is 6.30. The summed E-state index contributed by atoms with van der Waals surface area (Å²) in [6, 6.07) is 6.50. The first kappa shape index (κ1) is 22.2. The number of hydrogen-bond donors (Lipinski definition) is 2. The molecule has 1 fully saturated rings. The van der Waals surface area contributed by atoms with Gasteiger partial charge in [-0.05, 0) is 37.1 Å². The summed E-state index contributed by atoms with van der Waals surface area (Å²) < 4.78 is 4.94. The van der Waals surface area contributed by atoms with Gasteiger partial charge in [-0.2, -0.15) is 0 Å². The molecule has 0 radical (unpaired) electrons. The molecular formula is C20H28ClN3O4. The van der Waals surface area contributed by atoms with Crippen LogP contribution in [0.1, 0.15) is 36.0 Å². The van der Waals surface area contributed by atoms with Gasteiger partial charge in [-0.25, -0.2) is 0 Å². The van der Waals surface area contributed by atoms with Crippen LogP contribution in [-0.4, -0.2) is 62.5 Å². The molecule has 1 aliphatic rings. The molecule has 1 aliphatic heterocycles. The predicted molar refractivity (Wildman–Crippen MR) is 107 cm³/mol. The first-order valence-electron chi connectivity index (χ1n) is 9.47. The number of hydrogen-bond acceptors (Lipinski definition) is 4. The van der Waals surface area contributed by atoms with Crippen LogP contribution in [-0.2, 0) is 14.3 Å². The van der Waals surface area contributed by atoms with Gasteiger partial charge >= 0.3 is 0 Å². The molecule has 1 aromatic rings. The van der Waals surface area contributed by atoms with Gasteiger partial charge in [0.05, 0.1) is 6.61 Å². The van der Waals surface area contributed by atoms with Crippen molar-refractivity contribution in [3.8, 4) is 0 Å². The van der Waals surface area contributed by atoms with Crippen molar-refractivity contribution >= 4 is 29.3 Å². The number of benzene rings is 1. The maximum atomic E-state index is 12.5. The van der Waals surface area contributed by atoms with Crippen LogP contribution >= 0.6 is 11.6 Å². The third-order valence-electron chi connectivity index (χ3n) is 4.86. The van der Waals surface area contributed by atoms with Crippen molar-refractivity contribution in [1.29, 1.82) is 0 Å². The third kappa shape index (κ3) is 6.80. The van der Waals surface area contributed by atoms with Crippen LogP contribution in [0.4, 0.5) is 0 Å². The first-order valence-corrected chi connectivity index (χ1v) is 9.85. The van der Waals surface area contributed by atoms with Gasteiger partial charge in [0, 0.05) is 56.2 Å². The van der Waals surface area contributed by atoms with Crippen LogP contribution in [0.2, 0.25) is 5.02 Å². The molecular weight excluding hydrogens is 382 g/mol. The van der Waals surface area contributed by atoms with Crippen molar-refractivity contribution in [2.24, 2.45) is 5.92 Å². The Kier molecular flexibility index (Phi) is 8.73. The minimum absolute atomic E-state index is 0.0977. The zero-order chi connectivity index (χ0) is 20.5. The summed E-state index contributed by atoms with van der Waals surface area (Å²) in [6.07, 6.45) is 2.22. The molecule has 8 heteroatoms. The molecule has 0 aromatic heterocycles. The number of amides is 3. The molecule has 0 aliphatic carbocycles. The maximum Gasteiger partial charge on any atom is 0.251 e. The number of ether oxygens (including phenoxy) is 1. The zero-order valence-corrected chi connectivity index (χ0v) is 17.1. The van der Waals surface area contributed by atoms with Crippen LogP contribution < -0.4 is 10.6 Å². The van der Waals surface area contributed by atoms with Crippen molar-refractivity contribution in [3.05, 3.63) is 34.9 Å². The summed E-state index contributed by atoms with van der Waals surface area (Å²) in [7, 11) is 3.28. The second kappa shape index (κ2) is 11.0. The number of likely N-dealkylation sites (N-methyl/N-ethyl adjacent to an activating group) is 1. The van der Waals surface area contributed by atoms with Crippen LogP contribution in [0.25, 0.3) is 0 Å². The molecule has 1 saturated heterocycles. The van der Waals surface area contributed by atoms with E-state index in [4.69, 9.17) is 16.3 Å². The van der Waals surface area contributed by atoms with Crippen LogP contribution in [0.3, 0.4) is 0 Å². The molecule has 154 valence electrons. The van der Waals surface area contributed by atoms with E-state index in [9.17, 15) is 14.4 Å². The van der Waals surface area contributed by atoms with Gasteiger partial charge in [-0.1, -0.05) is 18.0 Å². The minimum atomic E-state index is -0.363. The molecule has 2 atom stereocenters. The van der Waals surface area contributed by atoms with Crippen LogP contribution in [0.5, 0.6) is 0 Å².